The monoisotopic (exact) mass is 385 g/mol. The standard InChI is InChI=1S/C19H23N5O4/c1-13(25)24(12-16(26)27)15-8-5-10-23(11-9-15)19(28)18-17(20-22-21-18)14-6-3-2-4-7-14/h2-4,6-7,15H,5,8-12H2,1H3,(H,26,27)(H,20,21,22). The number of benzene rings is 1. The molecule has 0 aliphatic carbocycles. The number of carboxylic acids is 1. The van der Waals surface area contributed by atoms with E-state index < -0.39 is 5.97 Å². The molecule has 9 nitrogen and oxygen atoms in total. The largest absolute Gasteiger partial charge is 0.480 e. The second-order valence-corrected chi connectivity index (χ2v) is 6.80. The van der Waals surface area contributed by atoms with Crippen LogP contribution in [0.5, 0.6) is 0 Å². The van der Waals surface area contributed by atoms with Gasteiger partial charge < -0.3 is 14.9 Å². The minimum Gasteiger partial charge on any atom is -0.480 e. The summed E-state index contributed by atoms with van der Waals surface area (Å²) >= 11 is 0. The number of nitrogens with zero attached hydrogens (tertiary/aromatic N) is 4. The van der Waals surface area contributed by atoms with Gasteiger partial charge in [-0.15, -0.1) is 0 Å². The number of H-pyrrole nitrogens is 1. The molecule has 2 N–H and O–H groups in total. The van der Waals surface area contributed by atoms with Crippen molar-refractivity contribution in [2.45, 2.75) is 32.2 Å². The molecule has 1 aromatic heterocycles. The first-order valence-electron chi connectivity index (χ1n) is 9.22. The van der Waals surface area contributed by atoms with Crippen molar-refractivity contribution < 1.29 is 19.5 Å². The smallest absolute Gasteiger partial charge is 0.323 e. The Morgan fingerprint density at radius 2 is 1.93 bits per heavy atom. The van der Waals surface area contributed by atoms with Crippen LogP contribution in [0.4, 0.5) is 0 Å². The highest BCUT2D eigenvalue weighted by molar-refractivity contribution is 5.97. The summed E-state index contributed by atoms with van der Waals surface area (Å²) < 4.78 is 0. The number of amides is 2. The van der Waals surface area contributed by atoms with Gasteiger partial charge in [0.1, 0.15) is 12.2 Å². The molecule has 0 saturated carbocycles. The van der Waals surface area contributed by atoms with Crippen molar-refractivity contribution in [3.05, 3.63) is 36.0 Å². The number of carbonyl (C=O) groups is 3. The Morgan fingerprint density at radius 1 is 1.18 bits per heavy atom. The topological polar surface area (TPSA) is 119 Å². The highest BCUT2D eigenvalue weighted by Crippen LogP contribution is 2.23. The van der Waals surface area contributed by atoms with Gasteiger partial charge in [0, 0.05) is 31.6 Å². The summed E-state index contributed by atoms with van der Waals surface area (Å²) in [6.07, 6.45) is 1.86. The van der Waals surface area contributed by atoms with E-state index in [1.807, 2.05) is 30.3 Å². The zero-order chi connectivity index (χ0) is 20.1. The summed E-state index contributed by atoms with van der Waals surface area (Å²) in [6.45, 7) is 2.00. The molecule has 1 aliphatic heterocycles. The Labute approximate surface area is 162 Å². The summed E-state index contributed by atoms with van der Waals surface area (Å²) in [5, 5.41) is 19.8. The molecule has 148 valence electrons. The van der Waals surface area contributed by atoms with E-state index in [2.05, 4.69) is 15.4 Å². The van der Waals surface area contributed by atoms with E-state index in [1.54, 1.807) is 4.90 Å². The summed E-state index contributed by atoms with van der Waals surface area (Å²) in [5.41, 5.74) is 1.57. The summed E-state index contributed by atoms with van der Waals surface area (Å²) in [7, 11) is 0. The maximum Gasteiger partial charge on any atom is 0.323 e. The van der Waals surface area contributed by atoms with E-state index in [4.69, 9.17) is 5.11 Å². The van der Waals surface area contributed by atoms with Crippen LogP contribution in [0, 0.1) is 0 Å². The van der Waals surface area contributed by atoms with Gasteiger partial charge in [-0.3, -0.25) is 14.4 Å². The quantitative estimate of drug-likeness (QED) is 0.803. The third-order valence-electron chi connectivity index (χ3n) is 4.93. The molecule has 0 bridgehead atoms. The van der Waals surface area contributed by atoms with Gasteiger partial charge in [0.25, 0.3) is 5.91 Å². The van der Waals surface area contributed by atoms with Crippen LogP contribution in [0.3, 0.4) is 0 Å². The number of nitrogens with one attached hydrogen (secondary N) is 1. The Balaban J connectivity index is 1.73. The van der Waals surface area contributed by atoms with Crippen molar-refractivity contribution in [3.8, 4) is 11.3 Å². The average molecular weight is 385 g/mol. The maximum absolute atomic E-state index is 13.0. The fourth-order valence-electron chi connectivity index (χ4n) is 3.56. The van der Waals surface area contributed by atoms with Crippen molar-refractivity contribution in [2.24, 2.45) is 0 Å². The van der Waals surface area contributed by atoms with E-state index in [0.717, 1.165) is 5.56 Å². The highest BCUT2D eigenvalue weighted by Gasteiger charge is 2.29. The first-order chi connectivity index (χ1) is 13.5. The molecule has 0 radical (unpaired) electrons. The van der Waals surface area contributed by atoms with Crippen LogP contribution in [0.15, 0.2) is 30.3 Å². The molecule has 1 fully saturated rings. The van der Waals surface area contributed by atoms with Crippen LogP contribution in [0.25, 0.3) is 11.3 Å². The van der Waals surface area contributed by atoms with Gasteiger partial charge in [0.15, 0.2) is 5.69 Å². The Bertz CT molecular complexity index is 851. The van der Waals surface area contributed by atoms with Crippen LogP contribution in [-0.4, -0.2) is 73.8 Å². The molecule has 28 heavy (non-hydrogen) atoms. The van der Waals surface area contributed by atoms with Gasteiger partial charge in [-0.05, 0) is 19.3 Å². The minimum absolute atomic E-state index is 0.197. The van der Waals surface area contributed by atoms with Gasteiger partial charge in [-0.2, -0.15) is 15.4 Å². The zero-order valence-corrected chi connectivity index (χ0v) is 15.7. The molecule has 2 heterocycles. The van der Waals surface area contributed by atoms with E-state index in [9.17, 15) is 14.4 Å². The Hall–Kier alpha value is -3.23. The van der Waals surface area contributed by atoms with Crippen molar-refractivity contribution in [1.82, 2.24) is 25.2 Å². The normalized spacial score (nSPS) is 17.0. The van der Waals surface area contributed by atoms with E-state index in [-0.39, 0.29) is 30.1 Å². The predicted octanol–water partition coefficient (Wildman–Crippen LogP) is 1.40. The number of likely N-dealkylation sites (tertiary alicyclic amines) is 1. The van der Waals surface area contributed by atoms with Crippen LogP contribution in [0.1, 0.15) is 36.7 Å². The fourth-order valence-corrected chi connectivity index (χ4v) is 3.56. The Morgan fingerprint density at radius 3 is 2.61 bits per heavy atom. The molecule has 1 aliphatic rings. The number of carbonyl (C=O) groups excluding carboxylic acids is 2. The maximum atomic E-state index is 13.0. The lowest BCUT2D eigenvalue weighted by atomic mass is 10.1. The number of hydrogen-bond acceptors (Lipinski definition) is 5. The summed E-state index contributed by atoms with van der Waals surface area (Å²) in [6, 6.07) is 9.16. The second kappa shape index (κ2) is 8.64. The van der Waals surface area contributed by atoms with Crippen molar-refractivity contribution in [2.75, 3.05) is 19.6 Å². The molecule has 1 aromatic carbocycles. The van der Waals surface area contributed by atoms with Crippen molar-refractivity contribution >= 4 is 17.8 Å². The molecule has 1 saturated heterocycles. The highest BCUT2D eigenvalue weighted by atomic mass is 16.4. The fraction of sp³-hybridized carbons (Fsp3) is 0.421. The first-order valence-corrected chi connectivity index (χ1v) is 9.22. The summed E-state index contributed by atoms with van der Waals surface area (Å²) in [5.74, 6) is -1.53. The lowest BCUT2D eigenvalue weighted by Gasteiger charge is -2.28. The van der Waals surface area contributed by atoms with Crippen LogP contribution >= 0.6 is 0 Å². The lowest BCUT2D eigenvalue weighted by Crippen LogP contribution is -2.43. The SMILES string of the molecule is CC(=O)N(CC(=O)O)C1CCCN(C(=O)c2n[nH]nc2-c2ccccc2)CC1. The van der Waals surface area contributed by atoms with Gasteiger partial charge in [-0.1, -0.05) is 30.3 Å². The van der Waals surface area contributed by atoms with Crippen LogP contribution in [-0.2, 0) is 9.59 Å². The molecule has 2 amide bonds. The molecule has 9 heteroatoms. The van der Waals surface area contributed by atoms with Gasteiger partial charge in [0.05, 0.1) is 0 Å². The number of aromatic nitrogens is 3. The van der Waals surface area contributed by atoms with Crippen molar-refractivity contribution in [1.29, 1.82) is 0 Å². The number of rotatable bonds is 5. The van der Waals surface area contributed by atoms with E-state index in [0.29, 0.717) is 38.0 Å². The number of aliphatic carboxylic acids is 1. The summed E-state index contributed by atoms with van der Waals surface area (Å²) in [4.78, 5) is 39.0. The molecule has 0 spiro atoms. The van der Waals surface area contributed by atoms with E-state index >= 15 is 0 Å². The van der Waals surface area contributed by atoms with Crippen LogP contribution < -0.4 is 0 Å². The molecule has 1 unspecified atom stereocenters. The molecule has 2 aromatic rings. The third-order valence-corrected chi connectivity index (χ3v) is 4.93. The molecule has 1 atom stereocenters. The lowest BCUT2D eigenvalue weighted by molar-refractivity contribution is -0.145. The molecular formula is C19H23N5O4. The number of aromatic amines is 1. The minimum atomic E-state index is -1.04. The first kappa shape index (κ1) is 19.5. The number of hydrogen-bond donors (Lipinski definition) is 2. The van der Waals surface area contributed by atoms with Crippen LogP contribution in [0.2, 0.25) is 0 Å². The second-order valence-electron chi connectivity index (χ2n) is 6.80. The zero-order valence-electron chi connectivity index (χ0n) is 15.7. The van der Waals surface area contributed by atoms with Gasteiger partial charge >= 0.3 is 5.97 Å². The molecular weight excluding hydrogens is 362 g/mol. The average Bonchev–Trinajstić information content (AvgIpc) is 3.04. The predicted molar refractivity (Wildman–Crippen MR) is 100 cm³/mol. The molecule has 3 rings (SSSR count). The number of carboxylic acid groups (broad SMARTS) is 1. The van der Waals surface area contributed by atoms with Crippen molar-refractivity contribution in [3.63, 3.8) is 0 Å². The van der Waals surface area contributed by atoms with Gasteiger partial charge in [-0.25, -0.2) is 0 Å². The Kier molecular flexibility index (Phi) is 6.03. The van der Waals surface area contributed by atoms with Gasteiger partial charge in [0.2, 0.25) is 5.91 Å². The van der Waals surface area contributed by atoms with E-state index in [1.165, 1.54) is 11.8 Å². The third kappa shape index (κ3) is 4.36.